The second-order valence-corrected chi connectivity index (χ2v) is 6.55. The number of rotatable bonds is 7. The largest absolute Gasteiger partial charge is 0.497 e. The molecule has 0 saturated heterocycles. The molecule has 0 saturated carbocycles. The second-order valence-electron chi connectivity index (χ2n) is 6.55. The van der Waals surface area contributed by atoms with E-state index < -0.39 is 0 Å². The van der Waals surface area contributed by atoms with E-state index in [9.17, 15) is 0 Å². The van der Waals surface area contributed by atoms with Crippen LogP contribution in [0.25, 0.3) is 22.2 Å². The van der Waals surface area contributed by atoms with Crippen LogP contribution < -0.4 is 15.8 Å². The molecule has 4 aromatic rings. The maximum atomic E-state index is 6.21. The van der Waals surface area contributed by atoms with Gasteiger partial charge in [-0.3, -0.25) is 4.98 Å². The smallest absolute Gasteiger partial charge is 0.321 e. The van der Waals surface area contributed by atoms with Crippen molar-refractivity contribution in [2.75, 3.05) is 19.0 Å². The van der Waals surface area contributed by atoms with Crippen LogP contribution in [0.1, 0.15) is 5.56 Å². The van der Waals surface area contributed by atoms with E-state index in [0.717, 1.165) is 34.1 Å². The van der Waals surface area contributed by atoms with Gasteiger partial charge in [0, 0.05) is 35.9 Å². The minimum atomic E-state index is -0.0862. The van der Waals surface area contributed by atoms with Gasteiger partial charge in [0.15, 0.2) is 0 Å². The number of methoxy groups -OCH3 is 1. The number of nitrogens with two attached hydrogens (primary N) is 1. The molecule has 2 aromatic carbocycles. The highest BCUT2D eigenvalue weighted by Crippen LogP contribution is 2.22. The molecule has 0 spiro atoms. The van der Waals surface area contributed by atoms with Gasteiger partial charge in [-0.1, -0.05) is 29.4 Å². The highest BCUT2D eigenvalue weighted by molar-refractivity contribution is 5.85. The van der Waals surface area contributed by atoms with Crippen molar-refractivity contribution < 1.29 is 9.26 Å². The summed E-state index contributed by atoms with van der Waals surface area (Å²) >= 11 is 0. The zero-order chi connectivity index (χ0) is 19.3. The van der Waals surface area contributed by atoms with Crippen LogP contribution in [0.4, 0.5) is 6.01 Å². The van der Waals surface area contributed by atoms with Crippen LogP contribution in [0.2, 0.25) is 0 Å². The molecule has 0 aliphatic carbocycles. The van der Waals surface area contributed by atoms with E-state index >= 15 is 0 Å². The first-order valence-electron chi connectivity index (χ1n) is 9.01. The fourth-order valence-electron chi connectivity index (χ4n) is 2.99. The van der Waals surface area contributed by atoms with E-state index in [1.165, 1.54) is 0 Å². The quantitative estimate of drug-likeness (QED) is 0.511. The molecule has 28 heavy (non-hydrogen) atoms. The molecular formula is C21H21N5O2. The van der Waals surface area contributed by atoms with Gasteiger partial charge in [0.2, 0.25) is 5.82 Å². The second kappa shape index (κ2) is 8.06. The third-order valence-electron chi connectivity index (χ3n) is 4.50. The molecule has 0 unspecified atom stereocenters. The number of hydrogen-bond donors (Lipinski definition) is 2. The molecule has 7 heteroatoms. The number of nitrogens with zero attached hydrogens (tertiary/aromatic N) is 3. The molecule has 0 radical (unpaired) electrons. The van der Waals surface area contributed by atoms with Crippen molar-refractivity contribution in [3.63, 3.8) is 0 Å². The molecule has 0 aliphatic rings. The maximum Gasteiger partial charge on any atom is 0.321 e. The number of hydrogen-bond acceptors (Lipinski definition) is 7. The topological polar surface area (TPSA) is 99.1 Å². The van der Waals surface area contributed by atoms with E-state index in [0.29, 0.717) is 18.4 Å². The van der Waals surface area contributed by atoms with Gasteiger partial charge >= 0.3 is 6.01 Å². The predicted octanol–water partition coefficient (Wildman–Crippen LogP) is 3.28. The van der Waals surface area contributed by atoms with E-state index in [1.807, 2.05) is 54.7 Å². The lowest BCUT2D eigenvalue weighted by Gasteiger charge is -2.11. The summed E-state index contributed by atoms with van der Waals surface area (Å²) < 4.78 is 10.5. The highest BCUT2D eigenvalue weighted by atomic mass is 16.5. The number of anilines is 1. The van der Waals surface area contributed by atoms with Gasteiger partial charge in [-0.2, -0.15) is 4.98 Å². The SMILES string of the molecule is COc1ccc(C[C@H](N)CNc2nc(-c3ccc4cnccc4c3)no2)cc1. The minimum absolute atomic E-state index is 0.0862. The summed E-state index contributed by atoms with van der Waals surface area (Å²) in [4.78, 5) is 8.53. The summed E-state index contributed by atoms with van der Waals surface area (Å²) in [6.07, 6.45) is 4.32. The highest BCUT2D eigenvalue weighted by Gasteiger charge is 2.11. The lowest BCUT2D eigenvalue weighted by atomic mass is 10.1. The van der Waals surface area contributed by atoms with Crippen LogP contribution in [0.15, 0.2) is 65.4 Å². The van der Waals surface area contributed by atoms with Gasteiger partial charge in [0.25, 0.3) is 0 Å². The number of fused-ring (bicyclic) bond motifs is 1. The van der Waals surface area contributed by atoms with Crippen molar-refractivity contribution in [3.05, 3.63) is 66.5 Å². The summed E-state index contributed by atoms with van der Waals surface area (Å²) in [5.41, 5.74) is 8.25. The van der Waals surface area contributed by atoms with Crippen molar-refractivity contribution in [2.24, 2.45) is 5.73 Å². The van der Waals surface area contributed by atoms with Crippen molar-refractivity contribution in [1.82, 2.24) is 15.1 Å². The van der Waals surface area contributed by atoms with Gasteiger partial charge in [-0.15, -0.1) is 0 Å². The van der Waals surface area contributed by atoms with Gasteiger partial charge < -0.3 is 20.3 Å². The molecule has 0 amide bonds. The fraction of sp³-hybridized carbons (Fsp3) is 0.190. The first kappa shape index (κ1) is 17.9. The lowest BCUT2D eigenvalue weighted by Crippen LogP contribution is -2.31. The molecule has 4 rings (SSSR count). The molecule has 7 nitrogen and oxygen atoms in total. The Morgan fingerprint density at radius 1 is 1.11 bits per heavy atom. The molecule has 3 N–H and O–H groups in total. The number of benzene rings is 2. The first-order valence-corrected chi connectivity index (χ1v) is 9.01. The Balaban J connectivity index is 1.37. The Bertz CT molecular complexity index is 1060. The van der Waals surface area contributed by atoms with E-state index in [4.69, 9.17) is 15.0 Å². The number of nitrogens with one attached hydrogen (secondary N) is 1. The van der Waals surface area contributed by atoms with Crippen LogP contribution in [0.5, 0.6) is 5.75 Å². The van der Waals surface area contributed by atoms with Crippen LogP contribution in [-0.4, -0.2) is 34.8 Å². The van der Waals surface area contributed by atoms with Crippen LogP contribution in [0, 0.1) is 0 Å². The Hall–Kier alpha value is -3.45. The standard InChI is InChI=1S/C21H21N5O2/c1-27-19-6-2-14(3-7-19)10-18(22)13-24-21-25-20(26-28-21)16-4-5-17-12-23-9-8-15(17)11-16/h2-9,11-12,18H,10,13,22H2,1H3,(H,24,25,26)/t18-/m0/s1. The van der Waals surface area contributed by atoms with Gasteiger partial charge in [-0.25, -0.2) is 0 Å². The van der Waals surface area contributed by atoms with E-state index in [-0.39, 0.29) is 6.04 Å². The predicted molar refractivity (Wildman–Crippen MR) is 108 cm³/mol. The molecular weight excluding hydrogens is 354 g/mol. The van der Waals surface area contributed by atoms with Crippen molar-refractivity contribution in [3.8, 4) is 17.1 Å². The molecule has 2 heterocycles. The van der Waals surface area contributed by atoms with E-state index in [2.05, 4.69) is 20.4 Å². The fourth-order valence-corrected chi connectivity index (χ4v) is 2.99. The van der Waals surface area contributed by atoms with Crippen molar-refractivity contribution in [1.29, 1.82) is 0 Å². The molecule has 0 aliphatic heterocycles. The van der Waals surface area contributed by atoms with E-state index in [1.54, 1.807) is 13.3 Å². The summed E-state index contributed by atoms with van der Waals surface area (Å²) in [6, 6.07) is 16.1. The van der Waals surface area contributed by atoms with Gasteiger partial charge in [0.1, 0.15) is 5.75 Å². The monoisotopic (exact) mass is 375 g/mol. The average Bonchev–Trinajstić information content (AvgIpc) is 3.21. The Morgan fingerprint density at radius 3 is 2.79 bits per heavy atom. The number of ether oxygens (including phenoxy) is 1. The molecule has 1 atom stereocenters. The summed E-state index contributed by atoms with van der Waals surface area (Å²) in [6.45, 7) is 0.525. The van der Waals surface area contributed by atoms with Crippen molar-refractivity contribution >= 4 is 16.8 Å². The van der Waals surface area contributed by atoms with Crippen LogP contribution in [-0.2, 0) is 6.42 Å². The summed E-state index contributed by atoms with van der Waals surface area (Å²) in [5, 5.41) is 9.31. The first-order chi connectivity index (χ1) is 13.7. The van der Waals surface area contributed by atoms with Crippen LogP contribution in [0.3, 0.4) is 0 Å². The number of pyridine rings is 1. The van der Waals surface area contributed by atoms with Crippen LogP contribution >= 0.6 is 0 Å². The van der Waals surface area contributed by atoms with Gasteiger partial charge in [0.05, 0.1) is 7.11 Å². The normalized spacial score (nSPS) is 12.1. The molecule has 142 valence electrons. The third kappa shape index (κ3) is 4.10. The Kier molecular flexibility index (Phi) is 5.16. The molecule has 0 bridgehead atoms. The minimum Gasteiger partial charge on any atom is -0.497 e. The lowest BCUT2D eigenvalue weighted by molar-refractivity contribution is 0.414. The number of aromatic nitrogens is 3. The third-order valence-corrected chi connectivity index (χ3v) is 4.50. The molecule has 2 aromatic heterocycles. The average molecular weight is 375 g/mol. The Labute approximate surface area is 162 Å². The summed E-state index contributed by atoms with van der Waals surface area (Å²) in [7, 11) is 1.65. The molecule has 0 fully saturated rings. The van der Waals surface area contributed by atoms with Crippen molar-refractivity contribution in [2.45, 2.75) is 12.5 Å². The Morgan fingerprint density at radius 2 is 1.96 bits per heavy atom. The maximum absolute atomic E-state index is 6.21. The summed E-state index contributed by atoms with van der Waals surface area (Å²) in [5.74, 6) is 1.36. The zero-order valence-corrected chi connectivity index (χ0v) is 15.5. The van der Waals surface area contributed by atoms with Gasteiger partial charge in [-0.05, 0) is 41.6 Å². The zero-order valence-electron chi connectivity index (χ0n) is 15.5.